The van der Waals surface area contributed by atoms with Crippen LogP contribution < -0.4 is 15.6 Å². The number of carboxylic acids is 1. The number of alkyl carbamates (subject to hydrolysis) is 1. The van der Waals surface area contributed by atoms with Gasteiger partial charge in [0.25, 0.3) is 0 Å². The van der Waals surface area contributed by atoms with Gasteiger partial charge in [0.2, 0.25) is 5.43 Å². The van der Waals surface area contributed by atoms with Crippen molar-refractivity contribution in [2.24, 2.45) is 5.41 Å². The number of anilines is 1. The molecule has 0 bridgehead atoms. The van der Waals surface area contributed by atoms with Gasteiger partial charge in [0.1, 0.15) is 22.7 Å². The Morgan fingerprint density at radius 1 is 1.26 bits per heavy atom. The molecule has 188 valence electrons. The van der Waals surface area contributed by atoms with Gasteiger partial charge in [0.05, 0.1) is 10.9 Å². The minimum Gasteiger partial charge on any atom is -0.477 e. The van der Waals surface area contributed by atoms with E-state index in [-0.39, 0.29) is 34.1 Å². The second kappa shape index (κ2) is 7.93. The van der Waals surface area contributed by atoms with Crippen molar-refractivity contribution in [2.45, 2.75) is 70.6 Å². The number of carboxylic acid groups (broad SMARTS) is 1. The van der Waals surface area contributed by atoms with Crippen LogP contribution in [0.15, 0.2) is 17.1 Å². The van der Waals surface area contributed by atoms with E-state index in [2.05, 4.69) is 5.32 Å². The van der Waals surface area contributed by atoms with Crippen molar-refractivity contribution < 1.29 is 28.2 Å². The van der Waals surface area contributed by atoms with Gasteiger partial charge in [-0.25, -0.2) is 18.4 Å². The number of amides is 1. The Kier molecular flexibility index (Phi) is 5.34. The zero-order valence-corrected chi connectivity index (χ0v) is 20.0. The van der Waals surface area contributed by atoms with E-state index in [9.17, 15) is 19.5 Å². The molecule has 0 radical (unpaired) electrons. The highest BCUT2D eigenvalue weighted by molar-refractivity contribution is 5.94. The summed E-state index contributed by atoms with van der Waals surface area (Å²) < 4.78 is 38.1. The molecule has 10 heteroatoms. The molecule has 1 aromatic carbocycles. The van der Waals surface area contributed by atoms with Gasteiger partial charge in [-0.15, -0.1) is 0 Å². The molecule has 2 heterocycles. The molecule has 0 unspecified atom stereocenters. The Bertz CT molecular complexity index is 1300. The molecule has 1 amide bonds. The third kappa shape index (κ3) is 4.23. The molecule has 8 nitrogen and oxygen atoms in total. The van der Waals surface area contributed by atoms with E-state index in [1.807, 2.05) is 0 Å². The van der Waals surface area contributed by atoms with E-state index >= 15 is 8.78 Å². The van der Waals surface area contributed by atoms with Crippen molar-refractivity contribution in [2.75, 3.05) is 18.0 Å². The minimum atomic E-state index is -1.42. The van der Waals surface area contributed by atoms with Crippen LogP contribution in [0.5, 0.6) is 0 Å². The smallest absolute Gasteiger partial charge is 0.407 e. The molecule has 3 aliphatic rings. The van der Waals surface area contributed by atoms with Crippen molar-refractivity contribution in [3.8, 4) is 0 Å². The summed E-state index contributed by atoms with van der Waals surface area (Å²) in [5.41, 5.74) is -2.59. The second-order valence-corrected chi connectivity index (χ2v) is 11.0. The monoisotopic (exact) mass is 489 g/mol. The van der Waals surface area contributed by atoms with Gasteiger partial charge in [-0.1, -0.05) is 0 Å². The van der Waals surface area contributed by atoms with Crippen molar-refractivity contribution in [3.63, 3.8) is 0 Å². The van der Waals surface area contributed by atoms with Crippen LogP contribution in [0, 0.1) is 17.0 Å². The lowest BCUT2D eigenvalue weighted by atomic mass is 9.93. The molecule has 2 aromatic rings. The van der Waals surface area contributed by atoms with Crippen LogP contribution in [0.4, 0.5) is 19.3 Å². The Hall–Kier alpha value is -3.17. The first-order chi connectivity index (χ1) is 16.4. The van der Waals surface area contributed by atoms with Gasteiger partial charge >= 0.3 is 12.1 Å². The van der Waals surface area contributed by atoms with Crippen molar-refractivity contribution in [1.82, 2.24) is 9.88 Å². The zero-order chi connectivity index (χ0) is 25.3. The molecule has 1 aromatic heterocycles. The van der Waals surface area contributed by atoms with Crippen molar-refractivity contribution >= 4 is 28.7 Å². The summed E-state index contributed by atoms with van der Waals surface area (Å²) in [5, 5.41) is 12.0. The standard InChI is InChI=1S/C25H29F2N3O5/c1-24(2,3)35-23(34)28-17-10-25(17)7-4-8-29(12-25)20-16(26)9-14-19(18(20)27)30(13-5-6-13)11-15(21(14)31)22(32)33/h9,11,13,17H,4-8,10,12H2,1-3H3,(H,28,34)(H,32,33)/t17-,25+/m0/s1. The maximum Gasteiger partial charge on any atom is 0.407 e. The van der Waals surface area contributed by atoms with E-state index in [0.29, 0.717) is 25.9 Å². The van der Waals surface area contributed by atoms with Gasteiger partial charge in [0.15, 0.2) is 5.82 Å². The Morgan fingerprint density at radius 3 is 2.60 bits per heavy atom. The SMILES string of the molecule is CC(C)(C)OC(=O)N[C@H]1C[C@@]12CCCN(c1c(F)cc3c(=O)c(C(=O)O)cn(C4CC4)c3c1F)C2. The van der Waals surface area contributed by atoms with Gasteiger partial charge in [-0.05, 0) is 58.9 Å². The average molecular weight is 490 g/mol. The number of rotatable bonds is 4. The minimum absolute atomic E-state index is 0.0576. The third-order valence-electron chi connectivity index (χ3n) is 7.16. The first kappa shape index (κ1) is 23.6. The first-order valence-corrected chi connectivity index (χ1v) is 11.9. The van der Waals surface area contributed by atoms with Crippen LogP contribution in [0.1, 0.15) is 69.3 Å². The highest BCUT2D eigenvalue weighted by Gasteiger charge is 2.57. The number of aromatic nitrogens is 1. The topological polar surface area (TPSA) is 101 Å². The number of fused-ring (bicyclic) bond motifs is 1. The number of carbonyl (C=O) groups is 2. The molecule has 2 aliphatic carbocycles. The van der Waals surface area contributed by atoms with Crippen molar-refractivity contribution in [3.05, 3.63) is 39.7 Å². The number of halogens is 2. The number of pyridine rings is 1. The van der Waals surface area contributed by atoms with Crippen LogP contribution in [0.2, 0.25) is 0 Å². The average Bonchev–Trinajstić information content (AvgIpc) is 3.66. The fourth-order valence-electron chi connectivity index (χ4n) is 5.32. The summed E-state index contributed by atoms with van der Waals surface area (Å²) in [6, 6.07) is 0.698. The van der Waals surface area contributed by atoms with Gasteiger partial charge < -0.3 is 24.6 Å². The highest BCUT2D eigenvalue weighted by Crippen LogP contribution is 2.53. The maximum atomic E-state index is 16.0. The Labute approximate surface area is 200 Å². The number of ether oxygens (including phenoxy) is 1. The van der Waals surface area contributed by atoms with E-state index in [1.54, 1.807) is 25.7 Å². The molecule has 1 saturated heterocycles. The zero-order valence-electron chi connectivity index (χ0n) is 20.0. The van der Waals surface area contributed by atoms with Crippen LogP contribution in [-0.4, -0.2) is 46.5 Å². The quantitative estimate of drug-likeness (QED) is 0.668. The molecule has 5 rings (SSSR count). The highest BCUT2D eigenvalue weighted by atomic mass is 19.1. The Balaban J connectivity index is 1.48. The van der Waals surface area contributed by atoms with Crippen LogP contribution >= 0.6 is 0 Å². The van der Waals surface area contributed by atoms with E-state index in [1.165, 1.54) is 10.8 Å². The summed E-state index contributed by atoms with van der Waals surface area (Å²) in [6.07, 6.45) is 4.32. The number of piperidine rings is 1. The number of carbonyl (C=O) groups excluding carboxylic acids is 1. The van der Waals surface area contributed by atoms with Gasteiger partial charge in [0, 0.05) is 36.8 Å². The lowest BCUT2D eigenvalue weighted by Crippen LogP contribution is -2.43. The molecule has 2 N–H and O–H groups in total. The summed E-state index contributed by atoms with van der Waals surface area (Å²) in [6.45, 7) is 6.13. The number of benzene rings is 1. The normalized spacial score (nSPS) is 24.0. The molecule has 35 heavy (non-hydrogen) atoms. The largest absolute Gasteiger partial charge is 0.477 e. The summed E-state index contributed by atoms with van der Waals surface area (Å²) in [7, 11) is 0. The molecule has 3 fully saturated rings. The number of hydrogen-bond acceptors (Lipinski definition) is 5. The molecule has 2 saturated carbocycles. The second-order valence-electron chi connectivity index (χ2n) is 11.0. The van der Waals surface area contributed by atoms with E-state index < -0.39 is 40.3 Å². The predicted molar refractivity (Wildman–Crippen MR) is 125 cm³/mol. The first-order valence-electron chi connectivity index (χ1n) is 11.9. The maximum absolute atomic E-state index is 16.0. The predicted octanol–water partition coefficient (Wildman–Crippen LogP) is 4.20. The summed E-state index contributed by atoms with van der Waals surface area (Å²) >= 11 is 0. The third-order valence-corrected chi connectivity index (χ3v) is 7.16. The molecule has 1 aliphatic heterocycles. The van der Waals surface area contributed by atoms with Gasteiger partial charge in [-0.3, -0.25) is 4.79 Å². The van der Waals surface area contributed by atoms with Crippen LogP contribution in [-0.2, 0) is 4.74 Å². The lowest BCUT2D eigenvalue weighted by molar-refractivity contribution is 0.0513. The fraction of sp³-hybridized carbons (Fsp3) is 0.560. The number of nitrogens with one attached hydrogen (secondary N) is 1. The van der Waals surface area contributed by atoms with Crippen LogP contribution in [0.25, 0.3) is 10.9 Å². The molecule has 2 atom stereocenters. The number of hydrogen-bond donors (Lipinski definition) is 2. The molecule has 1 spiro atoms. The molecular formula is C25H29F2N3O5. The van der Waals surface area contributed by atoms with Crippen LogP contribution in [0.3, 0.4) is 0 Å². The lowest BCUT2D eigenvalue weighted by Gasteiger charge is -2.36. The van der Waals surface area contributed by atoms with E-state index in [0.717, 1.165) is 25.3 Å². The van der Waals surface area contributed by atoms with Crippen molar-refractivity contribution in [1.29, 1.82) is 0 Å². The Morgan fingerprint density at radius 2 is 1.97 bits per heavy atom. The van der Waals surface area contributed by atoms with E-state index in [4.69, 9.17) is 4.74 Å². The van der Waals surface area contributed by atoms with Gasteiger partial charge in [-0.2, -0.15) is 0 Å². The number of aromatic carboxylic acids is 1. The summed E-state index contributed by atoms with van der Waals surface area (Å²) in [5.74, 6) is -3.17. The fourth-order valence-corrected chi connectivity index (χ4v) is 5.32. The summed E-state index contributed by atoms with van der Waals surface area (Å²) in [4.78, 5) is 38.1. The number of nitrogens with zero attached hydrogens (tertiary/aromatic N) is 2. The molecular weight excluding hydrogens is 460 g/mol.